The van der Waals surface area contributed by atoms with Gasteiger partial charge in [0.05, 0.1) is 35.1 Å². The van der Waals surface area contributed by atoms with Gasteiger partial charge in [0.15, 0.2) is 11.3 Å². The number of ether oxygens (including phenoxy) is 1. The highest BCUT2D eigenvalue weighted by Gasteiger charge is 2.38. The van der Waals surface area contributed by atoms with E-state index in [1.807, 2.05) is 5.38 Å². The van der Waals surface area contributed by atoms with Crippen LogP contribution in [0.2, 0.25) is 0 Å². The van der Waals surface area contributed by atoms with Crippen molar-refractivity contribution in [2.45, 2.75) is 19.0 Å². The molecule has 3 aromatic rings. The summed E-state index contributed by atoms with van der Waals surface area (Å²) in [5, 5.41) is 6.06. The standard InChI is InChI=1S/C21H19FN4O3S/c1-13(27)25(2)15-11-21(22,8-6-16(15)29-3)18-7-9-23-20-14(12-24-26(18)20)19(28)17-5-4-10-30-17/h4-7,9-12H,8H2,1-3H3. The minimum Gasteiger partial charge on any atom is -0.495 e. The number of halogens is 1. The normalized spacial score (nSPS) is 18.7. The van der Waals surface area contributed by atoms with Gasteiger partial charge in [0, 0.05) is 26.6 Å². The number of carbonyl (C=O) groups excluding carboxylic acids is 2. The molecular formula is C21H19FN4O3S. The van der Waals surface area contributed by atoms with Crippen molar-refractivity contribution in [3.63, 3.8) is 0 Å². The fourth-order valence-corrected chi connectivity index (χ4v) is 4.08. The van der Waals surface area contributed by atoms with Crippen LogP contribution < -0.4 is 0 Å². The summed E-state index contributed by atoms with van der Waals surface area (Å²) in [5.41, 5.74) is -0.863. The van der Waals surface area contributed by atoms with Gasteiger partial charge in [0.2, 0.25) is 11.7 Å². The number of ketones is 1. The van der Waals surface area contributed by atoms with Gasteiger partial charge < -0.3 is 9.64 Å². The molecule has 0 radical (unpaired) electrons. The maximum absolute atomic E-state index is 16.2. The summed E-state index contributed by atoms with van der Waals surface area (Å²) in [7, 11) is 3.03. The Morgan fingerprint density at radius 3 is 2.83 bits per heavy atom. The molecule has 1 aliphatic carbocycles. The molecule has 0 aromatic carbocycles. The number of alkyl halides is 1. The molecular weight excluding hydrogens is 407 g/mol. The third-order valence-electron chi connectivity index (χ3n) is 5.07. The Kier molecular flexibility index (Phi) is 4.98. The van der Waals surface area contributed by atoms with Crippen molar-refractivity contribution < 1.29 is 18.7 Å². The van der Waals surface area contributed by atoms with Crippen LogP contribution in [-0.2, 0) is 15.2 Å². The minimum atomic E-state index is -1.97. The van der Waals surface area contributed by atoms with Gasteiger partial charge in [-0.15, -0.1) is 11.3 Å². The summed E-state index contributed by atoms with van der Waals surface area (Å²) >= 11 is 1.32. The van der Waals surface area contributed by atoms with E-state index in [-0.39, 0.29) is 29.5 Å². The van der Waals surface area contributed by atoms with Crippen LogP contribution in [0.4, 0.5) is 4.39 Å². The first-order valence-corrected chi connectivity index (χ1v) is 10.1. The average Bonchev–Trinajstić information content (AvgIpc) is 3.42. The number of methoxy groups -OCH3 is 1. The first kappa shape index (κ1) is 20.0. The van der Waals surface area contributed by atoms with Crippen LogP contribution in [0.25, 0.3) is 5.65 Å². The maximum Gasteiger partial charge on any atom is 0.223 e. The van der Waals surface area contributed by atoms with Crippen molar-refractivity contribution in [2.24, 2.45) is 0 Å². The number of hydrogen-bond acceptors (Lipinski definition) is 6. The number of carbonyl (C=O) groups is 2. The second kappa shape index (κ2) is 7.49. The van der Waals surface area contributed by atoms with Gasteiger partial charge in [-0.2, -0.15) is 5.10 Å². The Labute approximate surface area is 176 Å². The third kappa shape index (κ3) is 3.21. The Bertz CT molecular complexity index is 1200. The van der Waals surface area contributed by atoms with Crippen LogP contribution in [0.3, 0.4) is 0 Å². The second-order valence-corrected chi connectivity index (χ2v) is 7.82. The fourth-order valence-electron chi connectivity index (χ4n) is 3.40. The zero-order valence-corrected chi connectivity index (χ0v) is 17.4. The van der Waals surface area contributed by atoms with E-state index in [1.165, 1.54) is 59.3 Å². The molecule has 0 saturated heterocycles. The van der Waals surface area contributed by atoms with Gasteiger partial charge in [-0.25, -0.2) is 13.9 Å². The van der Waals surface area contributed by atoms with Crippen molar-refractivity contribution in [2.75, 3.05) is 14.2 Å². The van der Waals surface area contributed by atoms with E-state index in [0.717, 1.165) is 0 Å². The van der Waals surface area contributed by atoms with Gasteiger partial charge in [-0.1, -0.05) is 6.07 Å². The Balaban J connectivity index is 1.82. The number of thiophene rings is 1. The lowest BCUT2D eigenvalue weighted by molar-refractivity contribution is -0.126. The van der Waals surface area contributed by atoms with Crippen molar-refractivity contribution in [3.8, 4) is 0 Å². The van der Waals surface area contributed by atoms with Gasteiger partial charge in [-0.3, -0.25) is 9.59 Å². The van der Waals surface area contributed by atoms with E-state index in [0.29, 0.717) is 21.9 Å². The number of likely N-dealkylation sites (N-methyl/N-ethyl adjacent to an activating group) is 1. The zero-order valence-electron chi connectivity index (χ0n) is 16.6. The fraction of sp³-hybridized carbons (Fsp3) is 0.238. The molecule has 9 heteroatoms. The molecule has 1 atom stereocenters. The molecule has 1 unspecified atom stereocenters. The summed E-state index contributed by atoms with van der Waals surface area (Å²) in [6.07, 6.45) is 5.80. The monoisotopic (exact) mass is 426 g/mol. The van der Waals surface area contributed by atoms with Crippen molar-refractivity contribution in [1.29, 1.82) is 0 Å². The average molecular weight is 426 g/mol. The lowest BCUT2D eigenvalue weighted by atomic mass is 9.90. The van der Waals surface area contributed by atoms with Crippen LogP contribution in [0.1, 0.15) is 34.3 Å². The quantitative estimate of drug-likeness (QED) is 0.584. The number of rotatable bonds is 5. The number of nitrogens with zero attached hydrogens (tertiary/aromatic N) is 4. The number of aromatic nitrogens is 3. The number of allylic oxidation sites excluding steroid dienone is 2. The number of hydrogen-bond donors (Lipinski definition) is 0. The SMILES string of the molecule is COC1=CCC(F)(c2ccnc3c(C(=O)c4cccs4)cnn23)C=C1N(C)C(C)=O. The van der Waals surface area contributed by atoms with Crippen LogP contribution in [0.15, 0.2) is 59.6 Å². The van der Waals surface area contributed by atoms with E-state index in [1.54, 1.807) is 25.3 Å². The van der Waals surface area contributed by atoms with Crippen molar-refractivity contribution >= 4 is 28.7 Å². The van der Waals surface area contributed by atoms with Gasteiger partial charge in [-0.05, 0) is 29.7 Å². The highest BCUT2D eigenvalue weighted by atomic mass is 32.1. The molecule has 30 heavy (non-hydrogen) atoms. The topological polar surface area (TPSA) is 76.8 Å². The van der Waals surface area contributed by atoms with Crippen LogP contribution in [0.5, 0.6) is 0 Å². The predicted octanol–water partition coefficient (Wildman–Crippen LogP) is 3.48. The molecule has 7 nitrogen and oxygen atoms in total. The highest BCUT2D eigenvalue weighted by Crippen LogP contribution is 2.39. The first-order valence-electron chi connectivity index (χ1n) is 9.17. The summed E-state index contributed by atoms with van der Waals surface area (Å²) in [6, 6.07) is 5.04. The van der Waals surface area contributed by atoms with E-state index in [9.17, 15) is 9.59 Å². The predicted molar refractivity (Wildman–Crippen MR) is 110 cm³/mol. The molecule has 3 heterocycles. The van der Waals surface area contributed by atoms with Gasteiger partial charge in [0.25, 0.3) is 0 Å². The molecule has 0 fully saturated rings. The molecule has 0 saturated carbocycles. The smallest absolute Gasteiger partial charge is 0.223 e. The van der Waals surface area contributed by atoms with Gasteiger partial charge in [0.1, 0.15) is 5.76 Å². The molecule has 0 spiro atoms. The maximum atomic E-state index is 16.2. The van der Waals surface area contributed by atoms with Crippen molar-refractivity contribution in [1.82, 2.24) is 19.5 Å². The zero-order chi connectivity index (χ0) is 21.5. The summed E-state index contributed by atoms with van der Waals surface area (Å²) in [4.78, 5) is 30.8. The van der Waals surface area contributed by atoms with E-state index in [2.05, 4.69) is 10.1 Å². The summed E-state index contributed by atoms with van der Waals surface area (Å²) < 4.78 is 22.9. The first-order chi connectivity index (χ1) is 14.4. The second-order valence-electron chi connectivity index (χ2n) is 6.88. The van der Waals surface area contributed by atoms with Crippen molar-refractivity contribution in [3.05, 3.63) is 75.7 Å². The molecule has 4 rings (SSSR count). The third-order valence-corrected chi connectivity index (χ3v) is 5.94. The minimum absolute atomic E-state index is 0.0153. The lowest BCUT2D eigenvalue weighted by Gasteiger charge is -2.30. The molecule has 154 valence electrons. The van der Waals surface area contributed by atoms with Crippen LogP contribution >= 0.6 is 11.3 Å². The molecule has 0 bridgehead atoms. The molecule has 1 aliphatic rings. The van der Waals surface area contributed by atoms with E-state index < -0.39 is 5.67 Å². The summed E-state index contributed by atoms with van der Waals surface area (Å²) in [5.74, 6) is -0.0492. The molecule has 0 N–H and O–H groups in total. The van der Waals surface area contributed by atoms with E-state index >= 15 is 4.39 Å². The number of fused-ring (bicyclic) bond motifs is 1. The van der Waals surface area contributed by atoms with E-state index in [4.69, 9.17) is 4.74 Å². The summed E-state index contributed by atoms with van der Waals surface area (Å²) in [6.45, 7) is 1.39. The van der Waals surface area contributed by atoms with Gasteiger partial charge >= 0.3 is 0 Å². The Morgan fingerprint density at radius 1 is 1.37 bits per heavy atom. The molecule has 3 aromatic heterocycles. The Morgan fingerprint density at radius 2 is 2.17 bits per heavy atom. The Hall–Kier alpha value is -3.33. The van der Waals surface area contributed by atoms with Crippen LogP contribution in [-0.4, -0.2) is 45.3 Å². The molecule has 0 aliphatic heterocycles. The largest absolute Gasteiger partial charge is 0.495 e. The van der Waals surface area contributed by atoms with Crippen LogP contribution in [0, 0.1) is 0 Å². The lowest BCUT2D eigenvalue weighted by Crippen LogP contribution is -2.31. The molecule has 1 amide bonds. The number of amides is 1. The highest BCUT2D eigenvalue weighted by molar-refractivity contribution is 7.12.